The normalized spacial score (nSPS) is 24.3. The molecule has 26 nitrogen and oxygen atoms in total. The van der Waals surface area contributed by atoms with Crippen LogP contribution in [0.25, 0.3) is 0 Å². The second-order valence-electron chi connectivity index (χ2n) is 19.3. The van der Waals surface area contributed by atoms with Gasteiger partial charge in [0.1, 0.15) is 48.0 Å². The number of primary amides is 4. The van der Waals surface area contributed by atoms with E-state index < -0.39 is 164 Å². The van der Waals surface area contributed by atoms with Crippen LogP contribution in [0, 0.1) is 5.92 Å². The van der Waals surface area contributed by atoms with E-state index in [1.165, 1.54) is 24.3 Å². The fraction of sp³-hybridized carbons (Fsp3) is 0.633. The number of aliphatic hydroxyl groups excluding tert-OH is 1. The van der Waals surface area contributed by atoms with Gasteiger partial charge in [-0.1, -0.05) is 77.3 Å². The number of nitrogens with two attached hydrogens (primary N) is 4. The summed E-state index contributed by atoms with van der Waals surface area (Å²) in [6.45, 7) is 3.24. The minimum absolute atomic E-state index is 0.00262. The number of amides is 12. The summed E-state index contributed by atoms with van der Waals surface area (Å²) in [6.07, 6.45) is 3.35. The lowest BCUT2D eigenvalue weighted by Gasteiger charge is -2.31. The van der Waals surface area contributed by atoms with Gasteiger partial charge in [-0.25, -0.2) is 0 Å². The van der Waals surface area contributed by atoms with Crippen LogP contribution in [0.1, 0.15) is 129 Å². The molecule has 2 fully saturated rings. The van der Waals surface area contributed by atoms with Gasteiger partial charge in [0.15, 0.2) is 0 Å². The fourth-order valence-electron chi connectivity index (χ4n) is 8.71. The van der Waals surface area contributed by atoms with Crippen molar-refractivity contribution >= 4 is 70.9 Å². The number of nitrogens with one attached hydrogen (secondary N) is 7. The van der Waals surface area contributed by atoms with E-state index in [9.17, 15) is 67.7 Å². The molecule has 9 atom stereocenters. The van der Waals surface area contributed by atoms with E-state index in [0.29, 0.717) is 24.3 Å². The van der Waals surface area contributed by atoms with E-state index in [4.69, 9.17) is 22.9 Å². The molecule has 416 valence electrons. The summed E-state index contributed by atoms with van der Waals surface area (Å²) >= 11 is 0. The van der Waals surface area contributed by atoms with Gasteiger partial charge in [0.2, 0.25) is 70.9 Å². The topological polar surface area (TPSA) is 437 Å². The van der Waals surface area contributed by atoms with Crippen LogP contribution in [0.5, 0.6) is 5.75 Å². The van der Waals surface area contributed by atoms with Crippen LogP contribution in [0.4, 0.5) is 0 Å². The van der Waals surface area contributed by atoms with Crippen molar-refractivity contribution in [2.24, 2.45) is 28.9 Å². The quantitative estimate of drug-likeness (QED) is 0.0509. The Balaban J connectivity index is 2.12. The van der Waals surface area contributed by atoms with Crippen LogP contribution >= 0.6 is 0 Å². The molecule has 17 N–H and O–H groups in total. The van der Waals surface area contributed by atoms with Crippen molar-refractivity contribution in [3.05, 3.63) is 29.8 Å². The Morgan fingerprint density at radius 3 is 1.63 bits per heavy atom. The van der Waals surface area contributed by atoms with Crippen molar-refractivity contribution in [1.29, 1.82) is 0 Å². The van der Waals surface area contributed by atoms with Crippen LogP contribution in [0.2, 0.25) is 0 Å². The molecule has 0 saturated carbocycles. The molecular formula is C49H76N12O14. The van der Waals surface area contributed by atoms with Crippen molar-refractivity contribution < 1.29 is 67.7 Å². The molecule has 75 heavy (non-hydrogen) atoms. The highest BCUT2D eigenvalue weighted by molar-refractivity contribution is 6.00. The van der Waals surface area contributed by atoms with Gasteiger partial charge in [0.25, 0.3) is 0 Å². The standard InChI is InChI=1S/C49H76N12O14/c1-3-27(2)11-8-6-4-5-7-9-12-29-22-42(68)55-33(23-39(51)65)44(70)57-32(21-28-14-16-30(63)17-15-28)43(69)58-34(24-40(52)66)45(71)56-31(18-19-38(50)64)49(75)61-20-10-13-37(61)48(74)59-35(25-41(53)67)46(72)60-36(26-62)47(73)54-29/h14-17,27,29,31-37,62-63H,3-13,18-26H2,1-2H3,(H2,50,64)(H2,51,65)(H2,52,66)(H2,53,67)(H,54,73)(H,55,68)(H,56,71)(H,57,70)(H,58,69)(H,59,74)(H,60,72)/t27-,29-,31-,32+,33-,34+,35+,36-,37-/m0/s1. The molecular weight excluding hydrogens is 981 g/mol. The highest BCUT2D eigenvalue weighted by Crippen LogP contribution is 2.21. The van der Waals surface area contributed by atoms with Crippen LogP contribution < -0.4 is 60.2 Å². The van der Waals surface area contributed by atoms with Gasteiger partial charge in [-0.2, -0.15) is 0 Å². The molecule has 2 saturated heterocycles. The zero-order valence-corrected chi connectivity index (χ0v) is 42.7. The molecule has 0 aromatic heterocycles. The minimum Gasteiger partial charge on any atom is -0.508 e. The molecule has 0 bridgehead atoms. The first-order chi connectivity index (χ1) is 35.5. The average molecular weight is 1060 g/mol. The van der Waals surface area contributed by atoms with Crippen molar-refractivity contribution in [3.8, 4) is 5.75 Å². The SMILES string of the molecule is CC[C@H](C)CCCCCCCC[C@H]1CC(=O)N[C@@H](CC(N)=O)C(=O)N[C@H](Cc2ccc(O)cc2)C(=O)N[C@H](CC(N)=O)C(=O)N[C@@H](CCC(N)=O)C(=O)N2CCC[C@H]2C(=O)N[C@H](CC(N)=O)C(=O)N[C@@H](CO)C(=O)N1. The van der Waals surface area contributed by atoms with Gasteiger partial charge in [0.05, 0.1) is 25.9 Å². The number of benzene rings is 1. The van der Waals surface area contributed by atoms with Gasteiger partial charge < -0.3 is 75.3 Å². The van der Waals surface area contributed by atoms with Gasteiger partial charge in [0, 0.05) is 31.8 Å². The Morgan fingerprint density at radius 1 is 0.600 bits per heavy atom. The van der Waals surface area contributed by atoms with Crippen LogP contribution in [-0.4, -0.2) is 147 Å². The van der Waals surface area contributed by atoms with Crippen molar-refractivity contribution in [2.75, 3.05) is 13.2 Å². The number of hydrogen-bond acceptors (Lipinski definition) is 14. The Kier molecular flexibility index (Phi) is 25.9. The Bertz CT molecular complexity index is 2200. The number of phenols is 1. The first-order valence-electron chi connectivity index (χ1n) is 25.5. The van der Waals surface area contributed by atoms with Gasteiger partial charge in [-0.15, -0.1) is 0 Å². The third-order valence-electron chi connectivity index (χ3n) is 13.1. The number of carbonyl (C=O) groups excluding carboxylic acids is 12. The van der Waals surface area contributed by atoms with E-state index in [1.54, 1.807) is 0 Å². The van der Waals surface area contributed by atoms with E-state index in [1.807, 2.05) is 0 Å². The molecule has 0 spiro atoms. The number of carbonyl (C=O) groups is 12. The molecule has 2 aliphatic heterocycles. The van der Waals surface area contributed by atoms with Gasteiger partial charge >= 0.3 is 0 Å². The summed E-state index contributed by atoms with van der Waals surface area (Å²) in [7, 11) is 0. The lowest BCUT2D eigenvalue weighted by Crippen LogP contribution is -2.60. The summed E-state index contributed by atoms with van der Waals surface area (Å²) in [6, 6.07) is -7.36. The molecule has 2 aliphatic rings. The minimum atomic E-state index is -1.86. The van der Waals surface area contributed by atoms with Crippen molar-refractivity contribution in [2.45, 2.75) is 178 Å². The van der Waals surface area contributed by atoms with Crippen molar-refractivity contribution in [1.82, 2.24) is 42.1 Å². The summed E-state index contributed by atoms with van der Waals surface area (Å²) in [5.74, 6) is -12.0. The third-order valence-corrected chi connectivity index (χ3v) is 13.1. The average Bonchev–Trinajstić information content (AvgIpc) is 3.84. The maximum absolute atomic E-state index is 14.3. The van der Waals surface area contributed by atoms with Crippen LogP contribution in [0.3, 0.4) is 0 Å². The summed E-state index contributed by atoms with van der Waals surface area (Å²) < 4.78 is 0. The molecule has 0 unspecified atom stereocenters. The Hall–Kier alpha value is -7.38. The second-order valence-corrected chi connectivity index (χ2v) is 19.3. The number of phenolic OH excluding ortho intramolecular Hbond substituents is 1. The third kappa shape index (κ3) is 21.9. The van der Waals surface area contributed by atoms with E-state index >= 15 is 0 Å². The predicted octanol–water partition coefficient (Wildman–Crippen LogP) is -3.23. The van der Waals surface area contributed by atoms with Crippen molar-refractivity contribution in [3.63, 3.8) is 0 Å². The molecule has 3 rings (SSSR count). The van der Waals surface area contributed by atoms with E-state index in [2.05, 4.69) is 51.1 Å². The highest BCUT2D eigenvalue weighted by atomic mass is 16.3. The largest absolute Gasteiger partial charge is 0.508 e. The van der Waals surface area contributed by atoms with Gasteiger partial charge in [-0.05, 0) is 49.3 Å². The smallest absolute Gasteiger partial charge is 0.245 e. The van der Waals surface area contributed by atoms with E-state index in [-0.39, 0.29) is 38.0 Å². The van der Waals surface area contributed by atoms with E-state index in [0.717, 1.165) is 43.4 Å². The number of fused-ring (bicyclic) bond motifs is 1. The van der Waals surface area contributed by atoms with Gasteiger partial charge in [-0.3, -0.25) is 57.5 Å². The number of rotatable bonds is 22. The monoisotopic (exact) mass is 1060 g/mol. The second kappa shape index (κ2) is 31.4. The number of aromatic hydroxyl groups is 1. The first-order valence-corrected chi connectivity index (χ1v) is 25.5. The summed E-state index contributed by atoms with van der Waals surface area (Å²) in [4.78, 5) is 162. The number of nitrogens with zero attached hydrogens (tertiary/aromatic N) is 1. The number of hydrogen-bond donors (Lipinski definition) is 13. The first kappa shape index (κ1) is 61.9. The highest BCUT2D eigenvalue weighted by Gasteiger charge is 2.41. The van der Waals surface area contributed by atoms with Crippen LogP contribution in [0.15, 0.2) is 24.3 Å². The number of unbranched alkanes of at least 4 members (excludes halogenated alkanes) is 5. The Labute approximate surface area is 435 Å². The lowest BCUT2D eigenvalue weighted by molar-refractivity contribution is -0.143. The summed E-state index contributed by atoms with van der Waals surface area (Å²) in [5, 5.41) is 37.3. The molecule has 12 amide bonds. The number of aliphatic hydroxyl groups is 1. The molecule has 1 aromatic carbocycles. The molecule has 0 radical (unpaired) electrons. The Morgan fingerprint density at radius 2 is 1.08 bits per heavy atom. The summed E-state index contributed by atoms with van der Waals surface area (Å²) in [5.41, 5.74) is 22.2. The maximum Gasteiger partial charge on any atom is 0.245 e. The zero-order chi connectivity index (χ0) is 55.8. The molecule has 1 aromatic rings. The molecule has 0 aliphatic carbocycles. The molecule has 2 heterocycles. The predicted molar refractivity (Wildman–Crippen MR) is 268 cm³/mol. The maximum atomic E-state index is 14.3. The lowest BCUT2D eigenvalue weighted by atomic mass is 9.99. The fourth-order valence-corrected chi connectivity index (χ4v) is 8.71. The van der Waals surface area contributed by atoms with Crippen LogP contribution in [-0.2, 0) is 64.0 Å². The zero-order valence-electron chi connectivity index (χ0n) is 42.7. The molecule has 26 heteroatoms.